The van der Waals surface area contributed by atoms with Gasteiger partial charge in [-0.15, -0.1) is 0 Å². The Morgan fingerprint density at radius 3 is 2.52 bits per heavy atom. The van der Waals surface area contributed by atoms with Crippen molar-refractivity contribution < 1.29 is 22.4 Å². The van der Waals surface area contributed by atoms with Gasteiger partial charge in [0.15, 0.2) is 10.4 Å². The number of anilines is 1. The number of rotatable bonds is 6. The van der Waals surface area contributed by atoms with Crippen LogP contribution in [0.5, 0.6) is 0 Å². The lowest BCUT2D eigenvalue weighted by Gasteiger charge is -2.26. The van der Waals surface area contributed by atoms with Gasteiger partial charge in [-0.25, -0.2) is 8.42 Å². The highest BCUT2D eigenvalue weighted by molar-refractivity contribution is 9.10. The van der Waals surface area contributed by atoms with E-state index in [1.54, 1.807) is 25.1 Å². The zero-order valence-electron chi connectivity index (χ0n) is 15.9. The molecule has 1 saturated heterocycles. The second-order valence-corrected chi connectivity index (χ2v) is 9.50. The van der Waals surface area contributed by atoms with Gasteiger partial charge < -0.3 is 15.1 Å². The van der Waals surface area contributed by atoms with Crippen molar-refractivity contribution in [3.8, 4) is 0 Å². The molecule has 0 atom stereocenters. The summed E-state index contributed by atoms with van der Waals surface area (Å²) in [7, 11) is -3.60. The van der Waals surface area contributed by atoms with Crippen LogP contribution in [0.4, 0.5) is 5.69 Å². The van der Waals surface area contributed by atoms with Crippen LogP contribution in [0.2, 0.25) is 0 Å². The van der Waals surface area contributed by atoms with Crippen LogP contribution in [0.15, 0.2) is 44.3 Å². The predicted molar refractivity (Wildman–Crippen MR) is 111 cm³/mol. The van der Waals surface area contributed by atoms with E-state index in [9.17, 15) is 18.0 Å². The highest BCUT2D eigenvalue weighted by atomic mass is 79.9. The van der Waals surface area contributed by atoms with Gasteiger partial charge in [-0.3, -0.25) is 9.59 Å². The average molecular weight is 484 g/mol. The van der Waals surface area contributed by atoms with Crippen molar-refractivity contribution >= 4 is 43.5 Å². The third-order valence-electron chi connectivity index (χ3n) is 4.64. The number of halogens is 1. The van der Waals surface area contributed by atoms with Gasteiger partial charge >= 0.3 is 0 Å². The van der Waals surface area contributed by atoms with Crippen LogP contribution in [0.3, 0.4) is 0 Å². The van der Waals surface area contributed by atoms with Crippen molar-refractivity contribution in [1.82, 2.24) is 9.62 Å². The SMILES string of the molecule is Cc1ccc(S(=O)(=O)N2CCCCC2)cc1NC(=O)CNC(=O)c1ccc(Br)o1. The highest BCUT2D eigenvalue weighted by Gasteiger charge is 2.26. The van der Waals surface area contributed by atoms with E-state index in [0.29, 0.717) is 23.4 Å². The Balaban J connectivity index is 1.66. The lowest BCUT2D eigenvalue weighted by atomic mass is 10.2. The first-order valence-electron chi connectivity index (χ1n) is 9.21. The molecule has 3 rings (SSSR count). The van der Waals surface area contributed by atoms with Crippen molar-refractivity contribution in [2.24, 2.45) is 0 Å². The molecule has 8 nitrogen and oxygen atoms in total. The fourth-order valence-electron chi connectivity index (χ4n) is 3.03. The molecule has 2 amide bonds. The third kappa shape index (κ3) is 5.26. The van der Waals surface area contributed by atoms with Crippen LogP contribution in [-0.2, 0) is 14.8 Å². The average Bonchev–Trinajstić information content (AvgIpc) is 3.15. The number of nitrogens with one attached hydrogen (secondary N) is 2. The second-order valence-electron chi connectivity index (χ2n) is 6.78. The summed E-state index contributed by atoms with van der Waals surface area (Å²) in [5.74, 6) is -0.918. The van der Waals surface area contributed by atoms with Crippen LogP contribution in [-0.4, -0.2) is 44.2 Å². The monoisotopic (exact) mass is 483 g/mol. The van der Waals surface area contributed by atoms with Gasteiger partial charge in [-0.05, 0) is 65.5 Å². The molecule has 1 aromatic heterocycles. The number of benzene rings is 1. The Hall–Kier alpha value is -2.17. The van der Waals surface area contributed by atoms with Crippen LogP contribution in [0.25, 0.3) is 0 Å². The molecule has 1 aromatic carbocycles. The van der Waals surface area contributed by atoms with Crippen LogP contribution < -0.4 is 10.6 Å². The van der Waals surface area contributed by atoms with Crippen LogP contribution >= 0.6 is 15.9 Å². The zero-order chi connectivity index (χ0) is 21.0. The standard InChI is InChI=1S/C19H22BrN3O5S/c1-13-5-6-14(29(26,27)23-9-3-2-4-10-23)11-15(13)22-18(24)12-21-19(25)16-7-8-17(20)28-16/h5-8,11H,2-4,9-10,12H2,1H3,(H,21,25)(H,22,24). The zero-order valence-corrected chi connectivity index (χ0v) is 18.3. The number of nitrogens with zero attached hydrogens (tertiary/aromatic N) is 1. The van der Waals surface area contributed by atoms with Crippen molar-refractivity contribution in [2.45, 2.75) is 31.1 Å². The van der Waals surface area contributed by atoms with Crippen molar-refractivity contribution in [3.05, 3.63) is 46.3 Å². The minimum absolute atomic E-state index is 0.0791. The Bertz CT molecular complexity index is 1010. The summed E-state index contributed by atoms with van der Waals surface area (Å²) in [5, 5.41) is 5.12. The van der Waals surface area contributed by atoms with E-state index in [0.717, 1.165) is 24.8 Å². The number of sulfonamides is 1. The summed E-state index contributed by atoms with van der Waals surface area (Å²) in [6.45, 7) is 2.51. The van der Waals surface area contributed by atoms with Gasteiger partial charge in [0.1, 0.15) is 0 Å². The third-order valence-corrected chi connectivity index (χ3v) is 6.96. The van der Waals surface area contributed by atoms with Gasteiger partial charge in [0.05, 0.1) is 11.4 Å². The molecule has 1 aliphatic heterocycles. The van der Waals surface area contributed by atoms with Crippen molar-refractivity contribution in [3.63, 3.8) is 0 Å². The largest absolute Gasteiger partial charge is 0.444 e. The lowest BCUT2D eigenvalue weighted by Crippen LogP contribution is -2.35. The Labute approximate surface area is 177 Å². The molecule has 2 N–H and O–H groups in total. The maximum absolute atomic E-state index is 12.9. The molecule has 1 fully saturated rings. The van der Waals surface area contributed by atoms with E-state index in [2.05, 4.69) is 26.6 Å². The first-order chi connectivity index (χ1) is 13.8. The molecular weight excluding hydrogens is 462 g/mol. The smallest absolute Gasteiger partial charge is 0.287 e. The minimum Gasteiger partial charge on any atom is -0.444 e. The molecule has 0 bridgehead atoms. The quantitative estimate of drug-likeness (QED) is 0.656. The molecule has 0 saturated carbocycles. The molecule has 0 aliphatic carbocycles. The highest BCUT2D eigenvalue weighted by Crippen LogP contribution is 2.25. The predicted octanol–water partition coefficient (Wildman–Crippen LogP) is 2.89. The van der Waals surface area contributed by atoms with Crippen LogP contribution in [0.1, 0.15) is 35.4 Å². The molecule has 1 aliphatic rings. The number of carbonyl (C=O) groups excluding carboxylic acids is 2. The molecule has 29 heavy (non-hydrogen) atoms. The summed E-state index contributed by atoms with van der Waals surface area (Å²) >= 11 is 3.11. The molecule has 10 heteroatoms. The molecule has 2 heterocycles. The summed E-state index contributed by atoms with van der Waals surface area (Å²) < 4.78 is 32.7. The summed E-state index contributed by atoms with van der Waals surface area (Å²) in [4.78, 5) is 24.3. The molecule has 0 radical (unpaired) electrons. The van der Waals surface area contributed by atoms with Gasteiger partial charge in [0.2, 0.25) is 15.9 Å². The van der Waals surface area contributed by atoms with Crippen molar-refractivity contribution in [2.75, 3.05) is 25.0 Å². The topological polar surface area (TPSA) is 109 Å². The normalized spacial score (nSPS) is 15.1. The van der Waals surface area contributed by atoms with Crippen LogP contribution in [0, 0.1) is 6.92 Å². The van der Waals surface area contributed by atoms with E-state index >= 15 is 0 Å². The Morgan fingerprint density at radius 2 is 1.86 bits per heavy atom. The van der Waals surface area contributed by atoms with E-state index < -0.39 is 21.8 Å². The van der Waals surface area contributed by atoms with E-state index in [1.807, 2.05) is 0 Å². The number of furan rings is 1. The first kappa shape index (κ1) is 21.5. The summed E-state index contributed by atoms with van der Waals surface area (Å²) in [6, 6.07) is 7.72. The fraction of sp³-hybridized carbons (Fsp3) is 0.368. The maximum Gasteiger partial charge on any atom is 0.287 e. The summed E-state index contributed by atoms with van der Waals surface area (Å²) in [5.41, 5.74) is 1.11. The van der Waals surface area contributed by atoms with E-state index in [-0.39, 0.29) is 17.2 Å². The minimum atomic E-state index is -3.60. The van der Waals surface area contributed by atoms with E-state index in [1.165, 1.54) is 16.4 Å². The van der Waals surface area contributed by atoms with Gasteiger partial charge in [0, 0.05) is 18.8 Å². The van der Waals surface area contributed by atoms with Gasteiger partial charge in [0.25, 0.3) is 5.91 Å². The fourth-order valence-corrected chi connectivity index (χ4v) is 4.88. The molecule has 0 unspecified atom stereocenters. The number of piperidine rings is 1. The number of hydrogen-bond donors (Lipinski definition) is 2. The molecule has 0 spiro atoms. The molecule has 156 valence electrons. The Morgan fingerprint density at radius 1 is 1.14 bits per heavy atom. The lowest BCUT2D eigenvalue weighted by molar-refractivity contribution is -0.115. The number of hydrogen-bond acceptors (Lipinski definition) is 5. The second kappa shape index (κ2) is 9.10. The summed E-state index contributed by atoms with van der Waals surface area (Å²) in [6.07, 6.45) is 2.73. The first-order valence-corrected chi connectivity index (χ1v) is 11.4. The number of carbonyl (C=O) groups is 2. The molecular formula is C19H22BrN3O5S. The number of amides is 2. The molecule has 2 aromatic rings. The van der Waals surface area contributed by atoms with Gasteiger partial charge in [-0.1, -0.05) is 12.5 Å². The number of aryl methyl sites for hydroxylation is 1. The maximum atomic E-state index is 12.9. The van der Waals surface area contributed by atoms with E-state index in [4.69, 9.17) is 4.42 Å². The Kier molecular flexibility index (Phi) is 6.76. The van der Waals surface area contributed by atoms with Gasteiger partial charge in [-0.2, -0.15) is 4.31 Å². The van der Waals surface area contributed by atoms with Crippen molar-refractivity contribution in [1.29, 1.82) is 0 Å².